The second kappa shape index (κ2) is 70.9. The Morgan fingerprint density at radius 3 is 0.949 bits per heavy atom. The van der Waals surface area contributed by atoms with Crippen molar-refractivity contribution >= 4 is 39.5 Å². The molecule has 0 rings (SSSR count). The number of carbonyl (C=O) groups excluding carboxylic acids is 4. The van der Waals surface area contributed by atoms with Gasteiger partial charge in [0.25, 0.3) is 0 Å². The van der Waals surface area contributed by atoms with E-state index in [4.69, 9.17) is 37.0 Å². The average molecular weight is 1420 g/mol. The molecule has 0 aliphatic carbocycles. The highest BCUT2D eigenvalue weighted by molar-refractivity contribution is 7.47. The summed E-state index contributed by atoms with van der Waals surface area (Å²) in [6, 6.07) is 0. The molecular formula is C79H134O17P2. The van der Waals surface area contributed by atoms with Crippen LogP contribution in [0.2, 0.25) is 0 Å². The Labute approximate surface area is 593 Å². The molecule has 0 aliphatic heterocycles. The van der Waals surface area contributed by atoms with Crippen LogP contribution in [0.3, 0.4) is 0 Å². The number of hydrogen-bond acceptors (Lipinski definition) is 15. The molecule has 0 spiro atoms. The van der Waals surface area contributed by atoms with E-state index in [2.05, 4.69) is 125 Å². The van der Waals surface area contributed by atoms with Crippen LogP contribution in [0.5, 0.6) is 0 Å². The van der Waals surface area contributed by atoms with Gasteiger partial charge >= 0.3 is 39.5 Å². The fraction of sp³-hybridized carbons (Fsp3) is 0.696. The molecule has 5 atom stereocenters. The van der Waals surface area contributed by atoms with Gasteiger partial charge in [0.15, 0.2) is 12.2 Å². The maximum absolute atomic E-state index is 13.1. The lowest BCUT2D eigenvalue weighted by atomic mass is 10.0. The Morgan fingerprint density at radius 2 is 0.592 bits per heavy atom. The van der Waals surface area contributed by atoms with E-state index in [0.717, 1.165) is 167 Å². The molecule has 0 aromatic heterocycles. The van der Waals surface area contributed by atoms with Crippen molar-refractivity contribution in [1.82, 2.24) is 0 Å². The molecule has 17 nitrogen and oxygen atoms in total. The first kappa shape index (κ1) is 93.5. The molecule has 0 aromatic rings. The van der Waals surface area contributed by atoms with Crippen LogP contribution in [-0.4, -0.2) is 96.7 Å². The molecule has 98 heavy (non-hydrogen) atoms. The number of unbranched alkanes of at least 4 members (excludes halogenated alkanes) is 25. The summed E-state index contributed by atoms with van der Waals surface area (Å²) in [5.41, 5.74) is 0. The highest BCUT2D eigenvalue weighted by atomic mass is 31.2. The molecule has 0 radical (unpaired) electrons. The Bertz CT molecular complexity index is 2340. The normalized spacial score (nSPS) is 14.6. The summed E-state index contributed by atoms with van der Waals surface area (Å²) in [6.07, 6.45) is 76.5. The summed E-state index contributed by atoms with van der Waals surface area (Å²) in [4.78, 5) is 72.7. The first-order valence-electron chi connectivity index (χ1n) is 37.8. The summed E-state index contributed by atoms with van der Waals surface area (Å²) >= 11 is 0. The van der Waals surface area contributed by atoms with E-state index in [-0.39, 0.29) is 25.7 Å². The number of allylic oxidation sites excluding steroid dienone is 19. The van der Waals surface area contributed by atoms with Crippen LogP contribution < -0.4 is 0 Å². The topological polar surface area (TPSA) is 237 Å². The Kier molecular flexibility index (Phi) is 67.6. The second-order valence-electron chi connectivity index (χ2n) is 24.8. The van der Waals surface area contributed by atoms with Gasteiger partial charge in [-0.15, -0.1) is 0 Å². The van der Waals surface area contributed by atoms with Crippen molar-refractivity contribution in [2.75, 3.05) is 39.6 Å². The third-order valence-corrected chi connectivity index (χ3v) is 17.3. The SMILES string of the molecule is CC/C=C\C/C=C\C/C=C\C/C=C\C/C=C\CC(=O)OC(COC(=O)CCCCCCCCC/C=C\C/C=C\C/C=C\CC)COP(=O)(O)OCC(O)COP(=O)(O)OCC(COC(=O)CCCCCCC/C=C\C/C=C\CCC)OC(=O)CCCCCCCCCCCCCCC. The fourth-order valence-corrected chi connectivity index (χ4v) is 11.3. The smallest absolute Gasteiger partial charge is 0.462 e. The molecule has 5 unspecified atom stereocenters. The van der Waals surface area contributed by atoms with E-state index in [0.29, 0.717) is 25.7 Å². The summed E-state index contributed by atoms with van der Waals surface area (Å²) in [5, 5.41) is 10.6. The maximum atomic E-state index is 13.1. The lowest BCUT2D eigenvalue weighted by Crippen LogP contribution is -2.30. The van der Waals surface area contributed by atoms with Gasteiger partial charge in [0, 0.05) is 19.3 Å². The Balaban J connectivity index is 5.42. The number of aliphatic hydroxyl groups excluding tert-OH is 1. The molecule has 0 aliphatic rings. The van der Waals surface area contributed by atoms with Crippen molar-refractivity contribution in [2.24, 2.45) is 0 Å². The van der Waals surface area contributed by atoms with Gasteiger partial charge in [-0.2, -0.15) is 0 Å². The van der Waals surface area contributed by atoms with Crippen molar-refractivity contribution in [3.05, 3.63) is 122 Å². The van der Waals surface area contributed by atoms with Crippen LogP contribution in [0, 0.1) is 0 Å². The summed E-state index contributed by atoms with van der Waals surface area (Å²) in [6.45, 7) is 4.45. The van der Waals surface area contributed by atoms with Crippen LogP contribution in [0.4, 0.5) is 0 Å². The summed E-state index contributed by atoms with van der Waals surface area (Å²) in [5.74, 6) is -2.34. The minimum atomic E-state index is -5.00. The van der Waals surface area contributed by atoms with Gasteiger partial charge in [-0.3, -0.25) is 37.3 Å². The van der Waals surface area contributed by atoms with Crippen LogP contribution in [-0.2, 0) is 65.4 Å². The zero-order valence-electron chi connectivity index (χ0n) is 61.2. The van der Waals surface area contributed by atoms with E-state index in [1.165, 1.54) is 51.4 Å². The number of carbonyl (C=O) groups is 4. The van der Waals surface area contributed by atoms with E-state index >= 15 is 0 Å². The molecule has 3 N–H and O–H groups in total. The van der Waals surface area contributed by atoms with Gasteiger partial charge in [0.2, 0.25) is 0 Å². The molecule has 0 aromatic carbocycles. The van der Waals surface area contributed by atoms with Gasteiger partial charge in [0.1, 0.15) is 19.3 Å². The van der Waals surface area contributed by atoms with Gasteiger partial charge in [-0.1, -0.05) is 284 Å². The molecule has 0 heterocycles. The number of phosphoric acid groups is 2. The maximum Gasteiger partial charge on any atom is 0.472 e. The average Bonchev–Trinajstić information content (AvgIpc) is 1.02. The molecule has 19 heteroatoms. The van der Waals surface area contributed by atoms with Crippen LogP contribution in [0.1, 0.15) is 297 Å². The van der Waals surface area contributed by atoms with Crippen molar-refractivity contribution in [3.63, 3.8) is 0 Å². The summed E-state index contributed by atoms with van der Waals surface area (Å²) < 4.78 is 68.3. The number of aliphatic hydroxyl groups is 1. The molecule has 0 saturated heterocycles. The van der Waals surface area contributed by atoms with Gasteiger partial charge in [0.05, 0.1) is 32.8 Å². The van der Waals surface area contributed by atoms with Crippen molar-refractivity contribution in [3.8, 4) is 0 Å². The standard InChI is InChI=1S/C79H134O17P2/c1-5-9-13-17-21-25-29-33-35-36-38-41-44-48-52-56-60-64-77(82)90-70-75(96-79(84)66-62-58-54-50-46-42-37-34-30-26-22-18-14-10-6-2)72-94-98(87,88)92-68-73(80)67-91-97(85,86)93-71-74(95-78(83)65-61-57-53-49-45-40-32-28-24-20-16-12-8-4)69-89-76(81)63-59-55-51-47-43-39-31-27-23-19-15-11-7-3/h9-10,13-15,19,21-22,25-27,31,33-35,37,46,50,58,62,73-75,80H,5-8,11-12,16-18,20,23-24,28-30,32,36,38-45,47-49,51-57,59-61,63-72H2,1-4H3,(H,85,86)(H,87,88)/b13-9-,14-10-,19-15-,25-21-,26-22-,31-27-,35-33-,37-34-,50-46-,62-58-. The molecule has 0 amide bonds. The lowest BCUT2D eigenvalue weighted by molar-refractivity contribution is -0.161. The third-order valence-electron chi connectivity index (χ3n) is 15.4. The monoisotopic (exact) mass is 1420 g/mol. The first-order valence-corrected chi connectivity index (χ1v) is 40.8. The highest BCUT2D eigenvalue weighted by Gasteiger charge is 2.30. The minimum Gasteiger partial charge on any atom is -0.462 e. The number of phosphoric ester groups is 2. The molecule has 0 bridgehead atoms. The van der Waals surface area contributed by atoms with Crippen LogP contribution in [0.25, 0.3) is 0 Å². The minimum absolute atomic E-state index is 0.0910. The molecule has 0 saturated carbocycles. The second-order valence-corrected chi connectivity index (χ2v) is 27.8. The quantitative estimate of drug-likeness (QED) is 0.0169. The van der Waals surface area contributed by atoms with Crippen molar-refractivity contribution in [1.29, 1.82) is 0 Å². The first-order chi connectivity index (χ1) is 47.7. The van der Waals surface area contributed by atoms with E-state index in [9.17, 15) is 43.2 Å². The van der Waals surface area contributed by atoms with E-state index in [1.54, 1.807) is 12.2 Å². The fourth-order valence-electron chi connectivity index (χ4n) is 9.76. The Hall–Kier alpha value is -4.54. The van der Waals surface area contributed by atoms with Gasteiger partial charge in [-0.05, 0) is 109 Å². The number of esters is 4. The largest absolute Gasteiger partial charge is 0.472 e. The molecule has 0 fully saturated rings. The predicted octanol–water partition coefficient (Wildman–Crippen LogP) is 21.6. The zero-order chi connectivity index (χ0) is 71.8. The summed E-state index contributed by atoms with van der Waals surface area (Å²) in [7, 11) is -9.98. The van der Waals surface area contributed by atoms with Crippen molar-refractivity contribution in [2.45, 2.75) is 316 Å². The number of rotatable bonds is 70. The van der Waals surface area contributed by atoms with E-state index in [1.807, 2.05) is 12.2 Å². The highest BCUT2D eigenvalue weighted by Crippen LogP contribution is 2.45. The molecular weight excluding hydrogens is 1280 g/mol. The third kappa shape index (κ3) is 69.9. The van der Waals surface area contributed by atoms with E-state index < -0.39 is 97.5 Å². The number of ether oxygens (including phenoxy) is 4. The lowest BCUT2D eigenvalue weighted by Gasteiger charge is -2.21. The van der Waals surface area contributed by atoms with Gasteiger partial charge < -0.3 is 33.8 Å². The van der Waals surface area contributed by atoms with Gasteiger partial charge in [-0.25, -0.2) is 9.13 Å². The Morgan fingerprint density at radius 1 is 0.306 bits per heavy atom. The van der Waals surface area contributed by atoms with Crippen LogP contribution >= 0.6 is 15.6 Å². The van der Waals surface area contributed by atoms with Crippen LogP contribution in [0.15, 0.2) is 122 Å². The van der Waals surface area contributed by atoms with Crippen molar-refractivity contribution < 1.29 is 80.2 Å². The molecule has 562 valence electrons. The zero-order valence-corrected chi connectivity index (χ0v) is 63.0. The number of hydrogen-bond donors (Lipinski definition) is 3. The predicted molar refractivity (Wildman–Crippen MR) is 399 cm³/mol.